The van der Waals surface area contributed by atoms with Crippen LogP contribution in [0.25, 0.3) is 21.8 Å². The molecule has 1 aliphatic heterocycles. The van der Waals surface area contributed by atoms with Gasteiger partial charge in [0.15, 0.2) is 0 Å². The van der Waals surface area contributed by atoms with Crippen molar-refractivity contribution in [3.05, 3.63) is 56.6 Å². The molecule has 0 aliphatic carbocycles. The van der Waals surface area contributed by atoms with Crippen LogP contribution in [0.4, 0.5) is 0 Å². The number of aryl methyl sites for hydroxylation is 1. The molecule has 4 rings (SSSR count). The molecule has 0 radical (unpaired) electrons. The summed E-state index contributed by atoms with van der Waals surface area (Å²) in [4.78, 5) is 46.0. The van der Waals surface area contributed by atoms with E-state index in [4.69, 9.17) is 0 Å². The monoisotopic (exact) mass is 332 g/mol. The van der Waals surface area contributed by atoms with E-state index < -0.39 is 24.5 Å². The summed E-state index contributed by atoms with van der Waals surface area (Å²) in [5.74, 6) is -1.30. The van der Waals surface area contributed by atoms with Gasteiger partial charge in [-0.2, -0.15) is 0 Å². The minimum atomic E-state index is -4.55. The number of nitrogens with one attached hydrogen (secondary N) is 1. The average Bonchev–Trinajstić information content (AvgIpc) is 2.50. The summed E-state index contributed by atoms with van der Waals surface area (Å²) < 4.78 is 12.8. The van der Waals surface area contributed by atoms with Crippen LogP contribution in [-0.2, 0) is 11.0 Å². The first-order chi connectivity index (χ1) is 10.9. The standard InChI is InChI=1S/C15H13N2O5P/c18-14-15(19)17-11(23(20,21)22)6-5-9-7-8-3-1-2-4-10(8)12(16-14)13(9)17/h1-4,7,11H,5-6H2,(H,16,18)(H2,20,21,22). The maximum absolute atomic E-state index is 12.3. The second kappa shape index (κ2) is 4.64. The van der Waals surface area contributed by atoms with E-state index in [9.17, 15) is 23.9 Å². The van der Waals surface area contributed by atoms with Crippen LogP contribution < -0.4 is 11.1 Å². The molecule has 1 unspecified atom stereocenters. The lowest BCUT2D eigenvalue weighted by molar-refractivity contribution is 0.332. The normalized spacial score (nSPS) is 17.7. The van der Waals surface area contributed by atoms with Gasteiger partial charge < -0.3 is 14.8 Å². The molecule has 1 atom stereocenters. The van der Waals surface area contributed by atoms with Crippen molar-refractivity contribution in [3.8, 4) is 0 Å². The molecule has 0 amide bonds. The number of hydrogen-bond donors (Lipinski definition) is 3. The number of H-pyrrole nitrogens is 1. The molecule has 23 heavy (non-hydrogen) atoms. The first-order valence-electron chi connectivity index (χ1n) is 7.12. The molecule has 7 nitrogen and oxygen atoms in total. The summed E-state index contributed by atoms with van der Waals surface area (Å²) in [6, 6.07) is 9.29. The van der Waals surface area contributed by atoms with Gasteiger partial charge in [-0.1, -0.05) is 24.3 Å². The van der Waals surface area contributed by atoms with Gasteiger partial charge in [0.2, 0.25) is 0 Å². The van der Waals surface area contributed by atoms with Crippen LogP contribution in [0.5, 0.6) is 0 Å². The zero-order valence-electron chi connectivity index (χ0n) is 11.9. The maximum Gasteiger partial charge on any atom is 0.348 e. The van der Waals surface area contributed by atoms with Crippen molar-refractivity contribution in [3.63, 3.8) is 0 Å². The molecule has 8 heteroatoms. The number of hydrogen-bond acceptors (Lipinski definition) is 3. The molecule has 2 heterocycles. The first kappa shape index (κ1) is 14.4. The third-order valence-electron chi connectivity index (χ3n) is 4.35. The Labute approximate surface area is 129 Å². The number of benzene rings is 2. The first-order valence-corrected chi connectivity index (χ1v) is 8.80. The Morgan fingerprint density at radius 2 is 1.96 bits per heavy atom. The van der Waals surface area contributed by atoms with Crippen LogP contribution in [0.3, 0.4) is 0 Å². The van der Waals surface area contributed by atoms with Crippen LogP contribution in [0, 0.1) is 0 Å². The van der Waals surface area contributed by atoms with E-state index in [1.165, 1.54) is 0 Å². The zero-order valence-corrected chi connectivity index (χ0v) is 12.8. The molecular formula is C15H13N2O5P. The molecule has 0 fully saturated rings. The van der Waals surface area contributed by atoms with Crippen LogP contribution >= 0.6 is 7.60 Å². The number of nitrogens with zero attached hydrogens (tertiary/aromatic N) is 1. The Morgan fingerprint density at radius 3 is 2.70 bits per heavy atom. The Bertz CT molecular complexity index is 1120. The summed E-state index contributed by atoms with van der Waals surface area (Å²) in [6.45, 7) is 0. The lowest BCUT2D eigenvalue weighted by atomic mass is 9.98. The lowest BCUT2D eigenvalue weighted by Crippen LogP contribution is -2.40. The molecule has 0 bridgehead atoms. The van der Waals surface area contributed by atoms with E-state index in [-0.39, 0.29) is 6.42 Å². The quantitative estimate of drug-likeness (QED) is 0.355. The average molecular weight is 332 g/mol. The molecule has 2 aromatic carbocycles. The third kappa shape index (κ3) is 2.01. The number of aromatic nitrogens is 2. The van der Waals surface area contributed by atoms with Gasteiger partial charge in [-0.15, -0.1) is 0 Å². The van der Waals surface area contributed by atoms with Crippen molar-refractivity contribution in [2.24, 2.45) is 0 Å². The number of rotatable bonds is 1. The number of fused-ring (bicyclic) bond motifs is 2. The molecule has 0 saturated carbocycles. The zero-order chi connectivity index (χ0) is 16.4. The van der Waals surface area contributed by atoms with Crippen molar-refractivity contribution >= 4 is 29.4 Å². The van der Waals surface area contributed by atoms with Gasteiger partial charge in [0.25, 0.3) is 0 Å². The maximum atomic E-state index is 12.3. The predicted molar refractivity (Wildman–Crippen MR) is 85.7 cm³/mol. The van der Waals surface area contributed by atoms with Crippen molar-refractivity contribution in [1.82, 2.24) is 9.55 Å². The van der Waals surface area contributed by atoms with Crippen LogP contribution in [0.15, 0.2) is 39.9 Å². The van der Waals surface area contributed by atoms with Gasteiger partial charge in [0, 0.05) is 5.39 Å². The van der Waals surface area contributed by atoms with Crippen LogP contribution in [0.2, 0.25) is 0 Å². The molecule has 1 aromatic heterocycles. The predicted octanol–water partition coefficient (Wildman–Crippen LogP) is 1.47. The SMILES string of the molecule is O=c1[nH]c2c3ccccc3cc3c2n(c1=O)C(P(=O)(O)O)CC3. The molecule has 0 spiro atoms. The summed E-state index contributed by atoms with van der Waals surface area (Å²) in [5.41, 5.74) is -0.146. The van der Waals surface area contributed by atoms with Crippen molar-refractivity contribution in [1.29, 1.82) is 0 Å². The third-order valence-corrected chi connectivity index (χ3v) is 5.62. The Kier molecular flexibility index (Phi) is 2.90. The fourth-order valence-electron chi connectivity index (χ4n) is 3.38. The van der Waals surface area contributed by atoms with E-state index in [1.54, 1.807) is 12.1 Å². The van der Waals surface area contributed by atoms with E-state index in [2.05, 4.69) is 4.98 Å². The van der Waals surface area contributed by atoms with Gasteiger partial charge in [0.05, 0.1) is 11.0 Å². The highest BCUT2D eigenvalue weighted by molar-refractivity contribution is 7.51. The van der Waals surface area contributed by atoms with Crippen molar-refractivity contribution in [2.45, 2.75) is 18.6 Å². The summed E-state index contributed by atoms with van der Waals surface area (Å²) in [6.07, 6.45) is 0.552. The summed E-state index contributed by atoms with van der Waals surface area (Å²) in [5, 5.41) is 1.65. The molecule has 3 aromatic rings. The second-order valence-corrected chi connectivity index (χ2v) is 7.49. The van der Waals surface area contributed by atoms with Gasteiger partial charge >= 0.3 is 18.7 Å². The second-order valence-electron chi connectivity index (χ2n) is 5.72. The Morgan fingerprint density at radius 1 is 1.22 bits per heavy atom. The van der Waals surface area contributed by atoms with Crippen LogP contribution in [0.1, 0.15) is 17.8 Å². The van der Waals surface area contributed by atoms with Crippen molar-refractivity contribution < 1.29 is 14.4 Å². The highest BCUT2D eigenvalue weighted by Gasteiger charge is 2.36. The molecule has 0 saturated heterocycles. The smallest absolute Gasteiger partial charge is 0.323 e. The van der Waals surface area contributed by atoms with E-state index in [0.717, 1.165) is 20.9 Å². The molecule has 1 aliphatic rings. The Balaban J connectivity index is 2.29. The Hall–Kier alpha value is -2.21. The fraction of sp³-hybridized carbons (Fsp3) is 0.200. The minimum absolute atomic E-state index is 0.119. The topological polar surface area (TPSA) is 112 Å². The largest absolute Gasteiger partial charge is 0.348 e. The van der Waals surface area contributed by atoms with Gasteiger partial charge in [0.1, 0.15) is 5.78 Å². The van der Waals surface area contributed by atoms with Gasteiger partial charge in [-0.05, 0) is 29.9 Å². The molecular weight excluding hydrogens is 319 g/mol. The highest BCUT2D eigenvalue weighted by Crippen LogP contribution is 2.53. The van der Waals surface area contributed by atoms with Crippen LogP contribution in [-0.4, -0.2) is 19.3 Å². The van der Waals surface area contributed by atoms with Gasteiger partial charge in [-0.25, -0.2) is 0 Å². The van der Waals surface area contributed by atoms with E-state index in [1.807, 2.05) is 18.2 Å². The minimum Gasteiger partial charge on any atom is -0.323 e. The van der Waals surface area contributed by atoms with E-state index in [0.29, 0.717) is 17.5 Å². The van der Waals surface area contributed by atoms with E-state index >= 15 is 0 Å². The summed E-state index contributed by atoms with van der Waals surface area (Å²) in [7, 11) is -4.55. The number of aromatic amines is 1. The molecule has 118 valence electrons. The highest BCUT2D eigenvalue weighted by atomic mass is 31.2. The summed E-state index contributed by atoms with van der Waals surface area (Å²) >= 11 is 0. The van der Waals surface area contributed by atoms with Gasteiger partial charge in [-0.3, -0.25) is 18.7 Å². The van der Waals surface area contributed by atoms with Crippen molar-refractivity contribution in [2.75, 3.05) is 0 Å². The fourth-order valence-corrected chi connectivity index (χ4v) is 4.37. The molecule has 3 N–H and O–H groups in total. The lowest BCUT2D eigenvalue weighted by Gasteiger charge is -2.28.